The second kappa shape index (κ2) is 8.86. The molecule has 26 heavy (non-hydrogen) atoms. The van der Waals surface area contributed by atoms with Crippen molar-refractivity contribution in [3.05, 3.63) is 40.3 Å². The number of nitrogens with one attached hydrogen (secondary N) is 2. The standard InChI is InChI=1S/C18H23N5O2S/c1-13(23-11-5-6-12-23)9-10-19-15(24)17-21-22-18(26-17)16(25)20-14-7-3-2-4-8-14/h2-4,7-8,13H,5-6,9-12H2,1H3,(H,19,24)(H,20,25). The molecule has 1 atom stereocenters. The Morgan fingerprint density at radius 1 is 1.12 bits per heavy atom. The highest BCUT2D eigenvalue weighted by Crippen LogP contribution is 2.15. The van der Waals surface area contributed by atoms with Crippen molar-refractivity contribution < 1.29 is 9.59 Å². The summed E-state index contributed by atoms with van der Waals surface area (Å²) in [4.78, 5) is 26.8. The van der Waals surface area contributed by atoms with Crippen molar-refractivity contribution in [2.24, 2.45) is 0 Å². The molecule has 0 bridgehead atoms. The van der Waals surface area contributed by atoms with Crippen molar-refractivity contribution in [2.45, 2.75) is 32.2 Å². The molecule has 1 aliphatic heterocycles. The topological polar surface area (TPSA) is 87.2 Å². The van der Waals surface area contributed by atoms with Crippen molar-refractivity contribution in [1.29, 1.82) is 0 Å². The number of benzene rings is 1. The van der Waals surface area contributed by atoms with E-state index in [-0.39, 0.29) is 21.8 Å². The van der Waals surface area contributed by atoms with E-state index in [0.717, 1.165) is 30.8 Å². The molecule has 2 heterocycles. The zero-order valence-electron chi connectivity index (χ0n) is 14.8. The first-order valence-corrected chi connectivity index (χ1v) is 9.67. The summed E-state index contributed by atoms with van der Waals surface area (Å²) in [6.45, 7) is 5.06. The Labute approximate surface area is 156 Å². The number of likely N-dealkylation sites (tertiary alicyclic amines) is 1. The summed E-state index contributed by atoms with van der Waals surface area (Å²) in [5.41, 5.74) is 0.676. The first-order chi connectivity index (χ1) is 12.6. The lowest BCUT2D eigenvalue weighted by atomic mass is 10.2. The first kappa shape index (κ1) is 18.5. The van der Waals surface area contributed by atoms with Crippen LogP contribution >= 0.6 is 11.3 Å². The van der Waals surface area contributed by atoms with E-state index >= 15 is 0 Å². The number of amides is 2. The molecular formula is C18H23N5O2S. The van der Waals surface area contributed by atoms with Crippen LogP contribution in [0.5, 0.6) is 0 Å². The lowest BCUT2D eigenvalue weighted by Gasteiger charge is -2.23. The molecule has 2 amide bonds. The third-order valence-electron chi connectivity index (χ3n) is 4.46. The zero-order chi connectivity index (χ0) is 18.4. The van der Waals surface area contributed by atoms with Gasteiger partial charge in [0.15, 0.2) is 0 Å². The van der Waals surface area contributed by atoms with Crippen molar-refractivity contribution in [2.75, 3.05) is 25.0 Å². The van der Waals surface area contributed by atoms with Gasteiger partial charge in [0, 0.05) is 18.3 Å². The summed E-state index contributed by atoms with van der Waals surface area (Å²) < 4.78 is 0. The summed E-state index contributed by atoms with van der Waals surface area (Å²) in [5, 5.41) is 13.6. The fraction of sp³-hybridized carbons (Fsp3) is 0.444. The van der Waals surface area contributed by atoms with Gasteiger partial charge in [0.2, 0.25) is 10.0 Å². The maximum absolute atomic E-state index is 12.2. The van der Waals surface area contributed by atoms with Gasteiger partial charge in [0.1, 0.15) is 0 Å². The fourth-order valence-corrected chi connectivity index (χ4v) is 3.60. The van der Waals surface area contributed by atoms with Crippen LogP contribution in [0.15, 0.2) is 30.3 Å². The molecule has 0 aliphatic carbocycles. The van der Waals surface area contributed by atoms with Crippen LogP contribution in [0.25, 0.3) is 0 Å². The molecule has 7 nitrogen and oxygen atoms in total. The van der Waals surface area contributed by atoms with E-state index in [1.165, 1.54) is 12.8 Å². The lowest BCUT2D eigenvalue weighted by molar-refractivity contribution is 0.0947. The number of aromatic nitrogens is 2. The third-order valence-corrected chi connectivity index (χ3v) is 5.38. The summed E-state index contributed by atoms with van der Waals surface area (Å²) >= 11 is 0.996. The van der Waals surface area contributed by atoms with E-state index in [1.807, 2.05) is 18.2 Å². The normalized spacial score (nSPS) is 15.6. The number of para-hydroxylation sites is 1. The molecule has 1 saturated heterocycles. The van der Waals surface area contributed by atoms with Crippen LogP contribution in [-0.4, -0.2) is 52.6 Å². The summed E-state index contributed by atoms with van der Waals surface area (Å²) in [6, 6.07) is 9.56. The van der Waals surface area contributed by atoms with E-state index in [9.17, 15) is 9.59 Å². The minimum absolute atomic E-state index is 0.171. The average molecular weight is 373 g/mol. The average Bonchev–Trinajstić information content (AvgIpc) is 3.34. The van der Waals surface area contributed by atoms with Crippen molar-refractivity contribution in [1.82, 2.24) is 20.4 Å². The van der Waals surface area contributed by atoms with Gasteiger partial charge in [-0.3, -0.25) is 9.59 Å². The minimum atomic E-state index is -0.365. The highest BCUT2D eigenvalue weighted by molar-refractivity contribution is 7.15. The van der Waals surface area contributed by atoms with Gasteiger partial charge in [0.25, 0.3) is 11.8 Å². The number of carbonyl (C=O) groups excluding carboxylic acids is 2. The molecule has 0 radical (unpaired) electrons. The highest BCUT2D eigenvalue weighted by atomic mass is 32.1. The van der Waals surface area contributed by atoms with E-state index in [2.05, 4.69) is 32.7 Å². The largest absolute Gasteiger partial charge is 0.350 e. The fourth-order valence-electron chi connectivity index (χ4n) is 2.95. The van der Waals surface area contributed by atoms with Crippen molar-refractivity contribution >= 4 is 28.8 Å². The first-order valence-electron chi connectivity index (χ1n) is 8.85. The number of anilines is 1. The van der Waals surface area contributed by atoms with E-state index < -0.39 is 0 Å². The van der Waals surface area contributed by atoms with Gasteiger partial charge in [0.05, 0.1) is 0 Å². The van der Waals surface area contributed by atoms with Gasteiger partial charge in [-0.05, 0) is 51.4 Å². The Morgan fingerprint density at radius 2 is 1.77 bits per heavy atom. The number of hydrogen-bond acceptors (Lipinski definition) is 6. The van der Waals surface area contributed by atoms with E-state index in [0.29, 0.717) is 18.3 Å². The van der Waals surface area contributed by atoms with Crippen LogP contribution in [0.2, 0.25) is 0 Å². The predicted molar refractivity (Wildman–Crippen MR) is 102 cm³/mol. The second-order valence-corrected chi connectivity index (χ2v) is 7.35. The molecule has 1 aromatic carbocycles. The van der Waals surface area contributed by atoms with Gasteiger partial charge in [-0.2, -0.15) is 0 Å². The molecule has 3 rings (SSSR count). The monoisotopic (exact) mass is 373 g/mol. The quantitative estimate of drug-likeness (QED) is 0.778. The van der Waals surface area contributed by atoms with Crippen molar-refractivity contribution in [3.63, 3.8) is 0 Å². The van der Waals surface area contributed by atoms with Crippen LogP contribution < -0.4 is 10.6 Å². The molecule has 1 aromatic heterocycles. The Hall–Kier alpha value is -2.32. The smallest absolute Gasteiger partial charge is 0.286 e. The Kier molecular flexibility index (Phi) is 6.30. The minimum Gasteiger partial charge on any atom is -0.350 e. The third kappa shape index (κ3) is 4.86. The molecule has 0 spiro atoms. The molecule has 1 fully saturated rings. The Morgan fingerprint density at radius 3 is 2.46 bits per heavy atom. The molecule has 0 saturated carbocycles. The maximum Gasteiger partial charge on any atom is 0.286 e. The Bertz CT molecular complexity index is 743. The molecule has 2 N–H and O–H groups in total. The van der Waals surface area contributed by atoms with Gasteiger partial charge in [-0.1, -0.05) is 29.5 Å². The van der Waals surface area contributed by atoms with Crippen molar-refractivity contribution in [3.8, 4) is 0 Å². The molecule has 1 unspecified atom stereocenters. The van der Waals surface area contributed by atoms with Crippen LogP contribution in [0.3, 0.4) is 0 Å². The molecule has 8 heteroatoms. The van der Waals surface area contributed by atoms with E-state index in [4.69, 9.17) is 0 Å². The maximum atomic E-state index is 12.2. The molecular weight excluding hydrogens is 350 g/mol. The highest BCUT2D eigenvalue weighted by Gasteiger charge is 2.20. The van der Waals surface area contributed by atoms with Gasteiger partial charge in [-0.15, -0.1) is 10.2 Å². The Balaban J connectivity index is 1.47. The van der Waals surface area contributed by atoms with Gasteiger partial charge < -0.3 is 15.5 Å². The number of rotatable bonds is 7. The van der Waals surface area contributed by atoms with Gasteiger partial charge in [-0.25, -0.2) is 0 Å². The lowest BCUT2D eigenvalue weighted by Crippen LogP contribution is -2.34. The summed E-state index contributed by atoms with van der Waals surface area (Å²) in [6.07, 6.45) is 3.41. The van der Waals surface area contributed by atoms with Crippen LogP contribution in [0, 0.1) is 0 Å². The SMILES string of the molecule is CC(CCNC(=O)c1nnc(C(=O)Nc2ccccc2)s1)N1CCCC1. The summed E-state index contributed by atoms with van der Waals surface area (Å²) in [5.74, 6) is -0.648. The van der Waals surface area contributed by atoms with Gasteiger partial charge >= 0.3 is 0 Å². The molecule has 1 aliphatic rings. The number of hydrogen-bond donors (Lipinski definition) is 2. The predicted octanol–water partition coefficient (Wildman–Crippen LogP) is 2.39. The molecule has 2 aromatic rings. The van der Waals surface area contributed by atoms with Crippen LogP contribution in [-0.2, 0) is 0 Å². The number of carbonyl (C=O) groups is 2. The zero-order valence-corrected chi connectivity index (χ0v) is 15.6. The van der Waals surface area contributed by atoms with Crippen LogP contribution in [0.4, 0.5) is 5.69 Å². The summed E-state index contributed by atoms with van der Waals surface area (Å²) in [7, 11) is 0. The number of nitrogens with zero attached hydrogens (tertiary/aromatic N) is 3. The van der Waals surface area contributed by atoms with E-state index in [1.54, 1.807) is 12.1 Å². The molecule has 138 valence electrons. The van der Waals surface area contributed by atoms with Crippen LogP contribution in [0.1, 0.15) is 45.8 Å². The second-order valence-electron chi connectivity index (χ2n) is 6.37.